The zero-order chi connectivity index (χ0) is 16.8. The molecule has 2 aromatic rings. The molecule has 1 aromatic heterocycles. The molecule has 5 nitrogen and oxygen atoms in total. The summed E-state index contributed by atoms with van der Waals surface area (Å²) in [5.41, 5.74) is 0.964. The minimum Gasteiger partial charge on any atom is -0.482 e. The number of amides is 1. The first-order valence-corrected chi connectivity index (χ1v) is 7.98. The summed E-state index contributed by atoms with van der Waals surface area (Å²) in [5.74, 6) is -0.444. The van der Waals surface area contributed by atoms with E-state index in [-0.39, 0.29) is 12.5 Å². The Hall–Kier alpha value is -2.34. The van der Waals surface area contributed by atoms with Crippen LogP contribution in [0.1, 0.15) is 15.3 Å². The van der Waals surface area contributed by atoms with Crippen LogP contribution in [0.3, 0.4) is 0 Å². The summed E-state index contributed by atoms with van der Waals surface area (Å²) in [4.78, 5) is 26.6. The Morgan fingerprint density at radius 3 is 2.43 bits per heavy atom. The molecule has 1 aromatic carbocycles. The van der Waals surface area contributed by atoms with Gasteiger partial charge in [-0.25, -0.2) is 4.79 Å². The molecule has 0 saturated heterocycles. The number of benzene rings is 1. The number of hydrogen-bond donors (Lipinski definition) is 1. The van der Waals surface area contributed by atoms with Gasteiger partial charge < -0.3 is 14.7 Å². The number of likely N-dealkylation sites (N-methyl/N-ethyl adjacent to an activating group) is 1. The van der Waals surface area contributed by atoms with Crippen molar-refractivity contribution in [3.8, 4) is 5.75 Å². The summed E-state index contributed by atoms with van der Waals surface area (Å²) >= 11 is 1.64. The van der Waals surface area contributed by atoms with Crippen LogP contribution in [0, 0.1) is 6.92 Å². The first-order valence-electron chi connectivity index (χ1n) is 7.17. The van der Waals surface area contributed by atoms with Crippen LogP contribution < -0.4 is 4.74 Å². The minimum absolute atomic E-state index is 0.0676. The van der Waals surface area contributed by atoms with E-state index in [2.05, 4.69) is 0 Å². The molecule has 1 N–H and O–H groups in total. The van der Waals surface area contributed by atoms with E-state index in [9.17, 15) is 9.59 Å². The molecule has 0 radical (unpaired) electrons. The van der Waals surface area contributed by atoms with Crippen molar-refractivity contribution >= 4 is 23.2 Å². The standard InChI is InChI=1S/C17H19NO4S/c1-12-3-8-15(23-12)9-16(19)18(2)10-13-4-6-14(7-5-13)22-11-17(20)21/h3-8H,9-11H2,1-2H3,(H,20,21). The summed E-state index contributed by atoms with van der Waals surface area (Å²) in [7, 11) is 1.78. The van der Waals surface area contributed by atoms with Gasteiger partial charge in [-0.3, -0.25) is 4.79 Å². The van der Waals surface area contributed by atoms with Gasteiger partial charge in [-0.2, -0.15) is 0 Å². The predicted octanol–water partition coefficient (Wildman–Crippen LogP) is 2.72. The molecule has 1 heterocycles. The van der Waals surface area contributed by atoms with Gasteiger partial charge in [-0.05, 0) is 36.8 Å². The minimum atomic E-state index is -1.01. The van der Waals surface area contributed by atoms with Crippen LogP contribution in [-0.4, -0.2) is 35.5 Å². The fraction of sp³-hybridized carbons (Fsp3) is 0.294. The van der Waals surface area contributed by atoms with E-state index in [4.69, 9.17) is 9.84 Å². The summed E-state index contributed by atoms with van der Waals surface area (Å²) in [6.45, 7) is 2.16. The second-order valence-corrected chi connectivity index (χ2v) is 6.64. The summed E-state index contributed by atoms with van der Waals surface area (Å²) in [6, 6.07) is 11.1. The zero-order valence-corrected chi connectivity index (χ0v) is 13.9. The number of carboxylic acid groups (broad SMARTS) is 1. The van der Waals surface area contributed by atoms with Crippen molar-refractivity contribution < 1.29 is 19.4 Å². The number of hydrogen-bond acceptors (Lipinski definition) is 4. The average molecular weight is 333 g/mol. The number of nitrogens with zero attached hydrogens (tertiary/aromatic N) is 1. The third-order valence-electron chi connectivity index (χ3n) is 3.25. The molecule has 122 valence electrons. The second kappa shape index (κ2) is 7.78. The van der Waals surface area contributed by atoms with Gasteiger partial charge in [0.05, 0.1) is 6.42 Å². The highest BCUT2D eigenvalue weighted by Gasteiger charge is 2.11. The lowest BCUT2D eigenvalue weighted by Crippen LogP contribution is -2.27. The largest absolute Gasteiger partial charge is 0.482 e. The van der Waals surface area contributed by atoms with Crippen LogP contribution in [0.5, 0.6) is 5.75 Å². The average Bonchev–Trinajstić information content (AvgIpc) is 2.91. The Balaban J connectivity index is 1.87. The van der Waals surface area contributed by atoms with Crippen molar-refractivity contribution in [3.63, 3.8) is 0 Å². The number of carbonyl (C=O) groups excluding carboxylic acids is 1. The smallest absolute Gasteiger partial charge is 0.341 e. The molecule has 0 saturated carbocycles. The highest BCUT2D eigenvalue weighted by atomic mass is 32.1. The molecular formula is C17H19NO4S. The number of rotatable bonds is 7. The van der Waals surface area contributed by atoms with E-state index in [0.717, 1.165) is 10.4 Å². The quantitative estimate of drug-likeness (QED) is 0.846. The number of aryl methyl sites for hydroxylation is 1. The fourth-order valence-corrected chi connectivity index (χ4v) is 2.94. The molecule has 23 heavy (non-hydrogen) atoms. The first-order chi connectivity index (χ1) is 10.9. The lowest BCUT2D eigenvalue weighted by Gasteiger charge is -2.17. The molecule has 2 rings (SSSR count). The maximum atomic E-state index is 12.2. The lowest BCUT2D eigenvalue weighted by molar-refractivity contribution is -0.139. The van der Waals surface area contributed by atoms with Crippen molar-refractivity contribution in [1.82, 2.24) is 4.90 Å². The van der Waals surface area contributed by atoms with Gasteiger partial charge in [0, 0.05) is 23.3 Å². The number of ether oxygens (including phenoxy) is 1. The second-order valence-electron chi connectivity index (χ2n) is 5.27. The van der Waals surface area contributed by atoms with Crippen molar-refractivity contribution in [2.45, 2.75) is 19.9 Å². The molecule has 0 aliphatic rings. The molecular weight excluding hydrogens is 314 g/mol. The summed E-state index contributed by atoms with van der Waals surface area (Å²) in [6.07, 6.45) is 0.412. The third-order valence-corrected chi connectivity index (χ3v) is 4.25. The third kappa shape index (κ3) is 5.41. The van der Waals surface area contributed by atoms with Gasteiger partial charge in [0.15, 0.2) is 6.61 Å². The zero-order valence-electron chi connectivity index (χ0n) is 13.1. The SMILES string of the molecule is Cc1ccc(CC(=O)N(C)Cc2ccc(OCC(=O)O)cc2)s1. The fourth-order valence-electron chi connectivity index (χ4n) is 2.06. The van der Waals surface area contributed by atoms with Crippen molar-refractivity contribution in [1.29, 1.82) is 0 Å². The summed E-state index contributed by atoms with van der Waals surface area (Å²) < 4.78 is 5.08. The highest BCUT2D eigenvalue weighted by Crippen LogP contribution is 2.17. The van der Waals surface area contributed by atoms with E-state index in [1.807, 2.05) is 31.2 Å². The highest BCUT2D eigenvalue weighted by molar-refractivity contribution is 7.12. The molecule has 0 aliphatic carbocycles. The Bertz CT molecular complexity index is 678. The van der Waals surface area contributed by atoms with Crippen LogP contribution in [-0.2, 0) is 22.6 Å². The normalized spacial score (nSPS) is 10.3. The van der Waals surface area contributed by atoms with Gasteiger partial charge in [0.1, 0.15) is 5.75 Å². The Morgan fingerprint density at radius 2 is 1.87 bits per heavy atom. The lowest BCUT2D eigenvalue weighted by atomic mass is 10.2. The van der Waals surface area contributed by atoms with Crippen molar-refractivity contribution in [3.05, 3.63) is 51.7 Å². The van der Waals surface area contributed by atoms with Crippen molar-refractivity contribution in [2.75, 3.05) is 13.7 Å². The van der Waals surface area contributed by atoms with Gasteiger partial charge in [0.2, 0.25) is 5.91 Å². The van der Waals surface area contributed by atoms with Crippen LogP contribution in [0.2, 0.25) is 0 Å². The Labute approximate surface area is 139 Å². The van der Waals surface area contributed by atoms with Gasteiger partial charge >= 0.3 is 5.97 Å². The molecule has 0 atom stereocenters. The first kappa shape index (κ1) is 17.0. The van der Waals surface area contributed by atoms with Crippen molar-refractivity contribution in [2.24, 2.45) is 0 Å². The van der Waals surface area contributed by atoms with Crippen LogP contribution in [0.25, 0.3) is 0 Å². The number of thiophene rings is 1. The molecule has 6 heteroatoms. The molecule has 0 aliphatic heterocycles. The maximum Gasteiger partial charge on any atom is 0.341 e. The van der Waals surface area contributed by atoms with E-state index < -0.39 is 5.97 Å². The molecule has 1 amide bonds. The topological polar surface area (TPSA) is 66.8 Å². The molecule has 0 bridgehead atoms. The summed E-state index contributed by atoms with van der Waals surface area (Å²) in [5, 5.41) is 8.56. The van der Waals surface area contributed by atoms with E-state index in [1.54, 1.807) is 35.4 Å². The molecule has 0 spiro atoms. The molecule has 0 fully saturated rings. The van der Waals surface area contributed by atoms with E-state index in [0.29, 0.717) is 18.7 Å². The number of carboxylic acids is 1. The van der Waals surface area contributed by atoms with Crippen LogP contribution in [0.4, 0.5) is 0 Å². The number of carbonyl (C=O) groups is 2. The number of aliphatic carboxylic acids is 1. The monoisotopic (exact) mass is 333 g/mol. The predicted molar refractivity (Wildman–Crippen MR) is 88.8 cm³/mol. The van der Waals surface area contributed by atoms with E-state index >= 15 is 0 Å². The Kier molecular flexibility index (Phi) is 5.76. The van der Waals surface area contributed by atoms with Gasteiger partial charge in [0.25, 0.3) is 0 Å². The van der Waals surface area contributed by atoms with Crippen LogP contribution >= 0.6 is 11.3 Å². The van der Waals surface area contributed by atoms with Gasteiger partial charge in [-0.1, -0.05) is 12.1 Å². The van der Waals surface area contributed by atoms with E-state index in [1.165, 1.54) is 4.88 Å². The van der Waals surface area contributed by atoms with Gasteiger partial charge in [-0.15, -0.1) is 11.3 Å². The maximum absolute atomic E-state index is 12.2. The molecule has 0 unspecified atom stereocenters. The Morgan fingerprint density at radius 1 is 1.17 bits per heavy atom. The van der Waals surface area contributed by atoms with Crippen LogP contribution in [0.15, 0.2) is 36.4 Å².